The Morgan fingerprint density at radius 3 is 2.72 bits per heavy atom. The van der Waals surface area contributed by atoms with Gasteiger partial charge in [-0.1, -0.05) is 25.4 Å². The van der Waals surface area contributed by atoms with E-state index in [4.69, 9.17) is 26.4 Å². The minimum Gasteiger partial charge on any atom is -0.485 e. The Morgan fingerprint density at radius 1 is 1.25 bits per heavy atom. The van der Waals surface area contributed by atoms with Gasteiger partial charge in [-0.2, -0.15) is 4.98 Å². The molecule has 2 aromatic heterocycles. The van der Waals surface area contributed by atoms with Gasteiger partial charge in [-0.05, 0) is 42.5 Å². The fourth-order valence-electron chi connectivity index (χ4n) is 4.35. The van der Waals surface area contributed by atoms with Crippen molar-refractivity contribution in [1.29, 1.82) is 0 Å². The summed E-state index contributed by atoms with van der Waals surface area (Å²) in [7, 11) is 1.69. The second-order valence-electron chi connectivity index (χ2n) is 8.56. The first kappa shape index (κ1) is 22.4. The highest BCUT2D eigenvalue weighted by atomic mass is 35.5. The van der Waals surface area contributed by atoms with Crippen molar-refractivity contribution in [3.63, 3.8) is 0 Å². The Balaban J connectivity index is 1.64. The minimum absolute atomic E-state index is 0.0613. The van der Waals surface area contributed by atoms with Crippen molar-refractivity contribution >= 4 is 40.0 Å². The number of aromatic nitrogens is 3. The summed E-state index contributed by atoms with van der Waals surface area (Å²) in [5.41, 5.74) is 1.29. The van der Waals surface area contributed by atoms with Crippen LogP contribution in [0.5, 0.6) is 5.75 Å². The van der Waals surface area contributed by atoms with Gasteiger partial charge in [0.1, 0.15) is 11.6 Å². The largest absolute Gasteiger partial charge is 0.485 e. The van der Waals surface area contributed by atoms with Gasteiger partial charge in [0.15, 0.2) is 11.6 Å². The summed E-state index contributed by atoms with van der Waals surface area (Å²) in [6.45, 7) is 6.24. The lowest BCUT2D eigenvalue weighted by atomic mass is 9.92. The lowest BCUT2D eigenvalue weighted by Crippen LogP contribution is -2.39. The van der Waals surface area contributed by atoms with Crippen molar-refractivity contribution in [1.82, 2.24) is 14.5 Å². The first-order valence-electron chi connectivity index (χ1n) is 10.8. The van der Waals surface area contributed by atoms with Crippen molar-refractivity contribution in [2.75, 3.05) is 36.5 Å². The molecule has 0 amide bonds. The number of nitrogens with zero attached hydrogens (tertiary/aromatic N) is 4. The fraction of sp³-hybridized carbons (Fsp3) is 0.435. The number of rotatable bonds is 6. The highest BCUT2D eigenvalue weighted by Crippen LogP contribution is 2.29. The van der Waals surface area contributed by atoms with Crippen LogP contribution in [0, 0.1) is 11.8 Å². The topological polar surface area (TPSA) is 92.5 Å². The number of benzene rings is 1. The average molecular weight is 458 g/mol. The number of anilines is 3. The van der Waals surface area contributed by atoms with E-state index in [1.807, 2.05) is 18.2 Å². The van der Waals surface area contributed by atoms with Crippen LogP contribution in [0.1, 0.15) is 20.3 Å². The molecule has 9 heteroatoms. The summed E-state index contributed by atoms with van der Waals surface area (Å²) in [6, 6.07) is 7.32. The number of fused-ring (bicyclic) bond motifs is 1. The summed E-state index contributed by atoms with van der Waals surface area (Å²) >= 11 is 6.39. The van der Waals surface area contributed by atoms with E-state index in [9.17, 15) is 4.79 Å². The molecule has 3 heterocycles. The van der Waals surface area contributed by atoms with E-state index >= 15 is 0 Å². The zero-order chi connectivity index (χ0) is 22.8. The van der Waals surface area contributed by atoms with Crippen molar-refractivity contribution in [2.45, 2.75) is 20.3 Å². The summed E-state index contributed by atoms with van der Waals surface area (Å²) in [5, 5.41) is 13.5. The maximum Gasteiger partial charge on any atom is 0.293 e. The lowest BCUT2D eigenvalue weighted by molar-refractivity contribution is 0.199. The molecule has 32 heavy (non-hydrogen) atoms. The molecule has 170 valence electrons. The van der Waals surface area contributed by atoms with E-state index in [-0.39, 0.29) is 24.5 Å². The Labute approximate surface area is 191 Å². The van der Waals surface area contributed by atoms with Crippen LogP contribution in [0.2, 0.25) is 5.02 Å². The van der Waals surface area contributed by atoms with E-state index < -0.39 is 0 Å². The van der Waals surface area contributed by atoms with Crippen molar-refractivity contribution in [3.05, 3.63) is 45.8 Å². The number of piperidine rings is 1. The molecule has 1 aliphatic heterocycles. The Hall–Kier alpha value is -2.84. The first-order chi connectivity index (χ1) is 15.4. The van der Waals surface area contributed by atoms with E-state index in [2.05, 4.69) is 29.0 Å². The summed E-state index contributed by atoms with van der Waals surface area (Å²) in [4.78, 5) is 23.8. The fourth-order valence-corrected chi connectivity index (χ4v) is 4.49. The van der Waals surface area contributed by atoms with Crippen LogP contribution in [-0.2, 0) is 7.05 Å². The van der Waals surface area contributed by atoms with Gasteiger partial charge in [0.25, 0.3) is 5.56 Å². The summed E-state index contributed by atoms with van der Waals surface area (Å²) in [6.07, 6.45) is 2.83. The van der Waals surface area contributed by atoms with Crippen LogP contribution in [0.15, 0.2) is 35.3 Å². The third-order valence-electron chi connectivity index (χ3n) is 5.69. The number of aliphatic hydroxyl groups excluding tert-OH is 1. The summed E-state index contributed by atoms with van der Waals surface area (Å²) < 4.78 is 6.93. The minimum atomic E-state index is -0.250. The van der Waals surface area contributed by atoms with E-state index in [0.717, 1.165) is 29.7 Å². The quantitative estimate of drug-likeness (QED) is 0.584. The molecule has 4 rings (SSSR count). The standard InChI is InChI=1S/C23H28ClN5O3/c1-14-8-15(2)13-29(12-14)23-25-11-18(24)21(27-23)26-17-4-5-19-16(9-17)10-20(32-7-6-30)22(31)28(19)3/h4-5,9-11,14-15,30H,6-8,12-13H2,1-3H3,(H,25,26,27)/t14-,15+. The molecule has 1 saturated heterocycles. The van der Waals surface area contributed by atoms with E-state index in [1.54, 1.807) is 19.3 Å². The molecule has 3 aromatic rings. The zero-order valence-corrected chi connectivity index (χ0v) is 19.3. The van der Waals surface area contributed by atoms with Crippen LogP contribution < -0.4 is 20.5 Å². The highest BCUT2D eigenvalue weighted by molar-refractivity contribution is 6.32. The average Bonchev–Trinajstić information content (AvgIpc) is 2.76. The molecule has 0 aliphatic carbocycles. The monoisotopic (exact) mass is 457 g/mol. The molecule has 8 nitrogen and oxygen atoms in total. The summed E-state index contributed by atoms with van der Waals surface area (Å²) in [5.74, 6) is 2.57. The van der Waals surface area contributed by atoms with Crippen molar-refractivity contribution in [3.8, 4) is 5.75 Å². The predicted molar refractivity (Wildman–Crippen MR) is 127 cm³/mol. The molecule has 1 aromatic carbocycles. The van der Waals surface area contributed by atoms with Crippen LogP contribution in [0.25, 0.3) is 10.9 Å². The molecule has 0 radical (unpaired) electrons. The Morgan fingerprint density at radius 2 is 2.00 bits per heavy atom. The molecule has 0 bridgehead atoms. The van der Waals surface area contributed by atoms with Crippen LogP contribution in [0.4, 0.5) is 17.5 Å². The number of pyridine rings is 1. The van der Waals surface area contributed by atoms with Gasteiger partial charge in [-0.3, -0.25) is 4.79 Å². The number of aryl methyl sites for hydroxylation is 1. The first-order valence-corrected chi connectivity index (χ1v) is 11.2. The zero-order valence-electron chi connectivity index (χ0n) is 18.5. The molecular weight excluding hydrogens is 430 g/mol. The van der Waals surface area contributed by atoms with Gasteiger partial charge in [0.2, 0.25) is 5.95 Å². The smallest absolute Gasteiger partial charge is 0.293 e. The molecule has 1 fully saturated rings. The molecular formula is C23H28ClN5O3. The van der Waals surface area contributed by atoms with Gasteiger partial charge >= 0.3 is 0 Å². The van der Waals surface area contributed by atoms with Gasteiger partial charge in [0, 0.05) is 31.2 Å². The van der Waals surface area contributed by atoms with Crippen LogP contribution in [0.3, 0.4) is 0 Å². The number of hydrogen-bond acceptors (Lipinski definition) is 7. The molecule has 2 atom stereocenters. The molecule has 1 aliphatic rings. The van der Waals surface area contributed by atoms with Gasteiger partial charge < -0.3 is 24.6 Å². The third-order valence-corrected chi connectivity index (χ3v) is 5.96. The normalized spacial score (nSPS) is 18.7. The number of halogens is 1. The second kappa shape index (κ2) is 9.34. The van der Waals surface area contributed by atoms with Crippen molar-refractivity contribution < 1.29 is 9.84 Å². The number of aliphatic hydroxyl groups is 1. The van der Waals surface area contributed by atoms with Gasteiger partial charge in [-0.25, -0.2) is 4.98 Å². The van der Waals surface area contributed by atoms with E-state index in [0.29, 0.717) is 28.6 Å². The second-order valence-corrected chi connectivity index (χ2v) is 8.97. The van der Waals surface area contributed by atoms with Gasteiger partial charge in [-0.15, -0.1) is 0 Å². The number of hydrogen-bond donors (Lipinski definition) is 2. The van der Waals surface area contributed by atoms with E-state index in [1.165, 1.54) is 11.0 Å². The number of ether oxygens (including phenoxy) is 1. The Bertz CT molecular complexity index is 1170. The number of nitrogens with one attached hydrogen (secondary N) is 1. The van der Waals surface area contributed by atoms with Gasteiger partial charge in [0.05, 0.1) is 18.3 Å². The maximum absolute atomic E-state index is 12.4. The molecule has 0 saturated carbocycles. The lowest BCUT2D eigenvalue weighted by Gasteiger charge is -2.35. The predicted octanol–water partition coefficient (Wildman–Crippen LogP) is 3.58. The van der Waals surface area contributed by atoms with Crippen LogP contribution in [-0.4, -0.2) is 45.9 Å². The highest BCUT2D eigenvalue weighted by Gasteiger charge is 2.24. The third kappa shape index (κ3) is 4.66. The molecule has 0 spiro atoms. The van der Waals surface area contributed by atoms with Crippen LogP contribution >= 0.6 is 11.6 Å². The molecule has 2 N–H and O–H groups in total. The molecule has 0 unspecified atom stereocenters. The van der Waals surface area contributed by atoms with Crippen molar-refractivity contribution in [2.24, 2.45) is 18.9 Å². The Kier molecular flexibility index (Phi) is 6.53. The maximum atomic E-state index is 12.4. The SMILES string of the molecule is C[C@@H]1C[C@H](C)CN(c2ncc(Cl)c(Nc3ccc4c(c3)cc(OCCO)c(=O)n4C)n2)C1.